The van der Waals surface area contributed by atoms with Crippen LogP contribution in [0.2, 0.25) is 0 Å². The van der Waals surface area contributed by atoms with Crippen LogP contribution in [0.4, 0.5) is 0 Å². The summed E-state index contributed by atoms with van der Waals surface area (Å²) in [7, 11) is 0. The molecule has 1 aromatic heterocycles. The molecule has 0 unspecified atom stereocenters. The topological polar surface area (TPSA) is 24.9 Å². The SMILES string of the molecule is C=C(Cl)CNCc1cnc(C)s1. The van der Waals surface area contributed by atoms with Gasteiger partial charge in [-0.05, 0) is 6.92 Å². The first-order valence-corrected chi connectivity index (χ1v) is 4.83. The number of nitrogens with one attached hydrogen (secondary N) is 1. The highest BCUT2D eigenvalue weighted by Gasteiger charge is 1.96. The summed E-state index contributed by atoms with van der Waals surface area (Å²) < 4.78 is 0. The summed E-state index contributed by atoms with van der Waals surface area (Å²) in [5, 5.41) is 4.88. The first-order chi connectivity index (χ1) is 5.68. The summed E-state index contributed by atoms with van der Waals surface area (Å²) in [5.74, 6) is 0. The molecule has 0 bridgehead atoms. The summed E-state index contributed by atoms with van der Waals surface area (Å²) in [6, 6.07) is 0. The average Bonchev–Trinajstić information content (AvgIpc) is 2.35. The predicted molar refractivity (Wildman–Crippen MR) is 53.6 cm³/mol. The number of rotatable bonds is 4. The molecule has 4 heteroatoms. The molecule has 1 N–H and O–H groups in total. The van der Waals surface area contributed by atoms with Crippen molar-refractivity contribution in [3.63, 3.8) is 0 Å². The van der Waals surface area contributed by atoms with E-state index in [1.807, 2.05) is 13.1 Å². The van der Waals surface area contributed by atoms with Crippen molar-refractivity contribution >= 4 is 22.9 Å². The van der Waals surface area contributed by atoms with Gasteiger partial charge < -0.3 is 5.32 Å². The molecule has 0 saturated heterocycles. The Bertz CT molecular complexity index is 270. The van der Waals surface area contributed by atoms with Gasteiger partial charge in [0.25, 0.3) is 0 Å². The molecule has 0 aliphatic heterocycles. The first kappa shape index (κ1) is 9.71. The van der Waals surface area contributed by atoms with E-state index in [1.165, 1.54) is 4.88 Å². The average molecular weight is 203 g/mol. The summed E-state index contributed by atoms with van der Waals surface area (Å²) in [6.45, 7) is 7.04. The molecule has 0 radical (unpaired) electrons. The van der Waals surface area contributed by atoms with Crippen molar-refractivity contribution in [2.75, 3.05) is 6.54 Å². The van der Waals surface area contributed by atoms with Gasteiger partial charge >= 0.3 is 0 Å². The second-order valence-corrected chi connectivity index (χ2v) is 4.32. The molecule has 0 amide bonds. The molecule has 1 rings (SSSR count). The Balaban J connectivity index is 2.29. The highest BCUT2D eigenvalue weighted by atomic mass is 35.5. The smallest absolute Gasteiger partial charge is 0.0897 e. The maximum atomic E-state index is 5.58. The van der Waals surface area contributed by atoms with Gasteiger partial charge in [-0.25, -0.2) is 4.98 Å². The molecule has 12 heavy (non-hydrogen) atoms. The number of hydrogen-bond donors (Lipinski definition) is 1. The van der Waals surface area contributed by atoms with Crippen molar-refractivity contribution in [1.29, 1.82) is 0 Å². The van der Waals surface area contributed by atoms with Crippen LogP contribution in [0.15, 0.2) is 17.8 Å². The lowest BCUT2D eigenvalue weighted by Gasteiger charge is -1.98. The Morgan fingerprint density at radius 3 is 3.08 bits per heavy atom. The maximum absolute atomic E-state index is 5.58. The van der Waals surface area contributed by atoms with Crippen LogP contribution in [0, 0.1) is 6.92 Å². The number of halogens is 1. The van der Waals surface area contributed by atoms with Gasteiger partial charge in [-0.15, -0.1) is 11.3 Å². The van der Waals surface area contributed by atoms with Crippen LogP contribution in [0.1, 0.15) is 9.88 Å². The van der Waals surface area contributed by atoms with Crippen LogP contribution in [0.5, 0.6) is 0 Å². The Kier molecular flexibility index (Phi) is 3.72. The Morgan fingerprint density at radius 2 is 2.58 bits per heavy atom. The second kappa shape index (κ2) is 4.60. The van der Waals surface area contributed by atoms with Gasteiger partial charge in [0, 0.05) is 29.2 Å². The van der Waals surface area contributed by atoms with Gasteiger partial charge in [0.2, 0.25) is 0 Å². The van der Waals surface area contributed by atoms with Gasteiger partial charge in [0.1, 0.15) is 0 Å². The largest absolute Gasteiger partial charge is 0.307 e. The summed E-state index contributed by atoms with van der Waals surface area (Å²) >= 11 is 7.27. The highest BCUT2D eigenvalue weighted by molar-refractivity contribution is 7.11. The van der Waals surface area contributed by atoms with Crippen LogP contribution < -0.4 is 5.32 Å². The minimum absolute atomic E-state index is 0.635. The van der Waals surface area contributed by atoms with Crippen LogP contribution in [-0.2, 0) is 6.54 Å². The molecular formula is C8H11ClN2S. The predicted octanol–water partition coefficient (Wildman–Crippen LogP) is 2.29. The van der Waals surface area contributed by atoms with Gasteiger partial charge in [-0.2, -0.15) is 0 Å². The normalized spacial score (nSPS) is 10.2. The third-order valence-corrected chi connectivity index (χ3v) is 2.33. The number of thiazole rings is 1. The summed E-state index contributed by atoms with van der Waals surface area (Å²) in [5.41, 5.74) is 0. The van der Waals surface area contributed by atoms with Crippen molar-refractivity contribution < 1.29 is 0 Å². The van der Waals surface area contributed by atoms with Crippen molar-refractivity contribution in [3.8, 4) is 0 Å². The van der Waals surface area contributed by atoms with Crippen LogP contribution in [0.25, 0.3) is 0 Å². The van der Waals surface area contributed by atoms with Gasteiger partial charge in [-0.3, -0.25) is 0 Å². The highest BCUT2D eigenvalue weighted by Crippen LogP contribution is 2.10. The summed E-state index contributed by atoms with van der Waals surface area (Å²) in [6.07, 6.45) is 1.88. The minimum Gasteiger partial charge on any atom is -0.307 e. The molecule has 2 nitrogen and oxygen atoms in total. The van der Waals surface area contributed by atoms with E-state index < -0.39 is 0 Å². The second-order valence-electron chi connectivity index (χ2n) is 2.47. The fraction of sp³-hybridized carbons (Fsp3) is 0.375. The lowest BCUT2D eigenvalue weighted by Crippen LogP contribution is -2.13. The fourth-order valence-electron chi connectivity index (χ4n) is 0.808. The monoisotopic (exact) mass is 202 g/mol. The molecule has 0 aliphatic carbocycles. The number of aryl methyl sites for hydroxylation is 1. The van der Waals surface area contributed by atoms with Crippen LogP contribution in [0.3, 0.4) is 0 Å². The Hall–Kier alpha value is -0.380. The molecule has 0 spiro atoms. The van der Waals surface area contributed by atoms with E-state index in [2.05, 4.69) is 16.9 Å². The molecule has 1 heterocycles. The zero-order valence-corrected chi connectivity index (χ0v) is 8.50. The van der Waals surface area contributed by atoms with Crippen molar-refractivity contribution in [2.45, 2.75) is 13.5 Å². The summed E-state index contributed by atoms with van der Waals surface area (Å²) in [4.78, 5) is 5.36. The third kappa shape index (κ3) is 3.34. The zero-order valence-electron chi connectivity index (χ0n) is 6.93. The number of hydrogen-bond acceptors (Lipinski definition) is 3. The Labute approximate surface area is 81.3 Å². The van der Waals surface area contributed by atoms with Gasteiger partial charge in [0.05, 0.1) is 5.01 Å². The quantitative estimate of drug-likeness (QED) is 0.811. The molecule has 0 saturated carbocycles. The standard InChI is InChI=1S/C8H11ClN2S/c1-6(9)3-10-4-8-5-11-7(2)12-8/h5,10H,1,3-4H2,2H3. The van der Waals surface area contributed by atoms with E-state index in [4.69, 9.17) is 11.6 Å². The van der Waals surface area contributed by atoms with Gasteiger partial charge in [-0.1, -0.05) is 18.2 Å². The minimum atomic E-state index is 0.635. The number of aromatic nitrogens is 1. The van der Waals surface area contributed by atoms with E-state index >= 15 is 0 Å². The van der Waals surface area contributed by atoms with E-state index in [9.17, 15) is 0 Å². The molecule has 0 fully saturated rings. The third-order valence-electron chi connectivity index (χ3n) is 1.29. The molecular weight excluding hydrogens is 192 g/mol. The van der Waals surface area contributed by atoms with Crippen molar-refractivity contribution in [2.24, 2.45) is 0 Å². The first-order valence-electron chi connectivity index (χ1n) is 3.64. The molecule has 66 valence electrons. The lowest BCUT2D eigenvalue weighted by atomic mass is 10.5. The van der Waals surface area contributed by atoms with E-state index in [-0.39, 0.29) is 0 Å². The fourth-order valence-corrected chi connectivity index (χ4v) is 1.67. The molecule has 0 aromatic carbocycles. The Morgan fingerprint density at radius 1 is 1.83 bits per heavy atom. The molecule has 0 atom stereocenters. The van der Waals surface area contributed by atoms with Crippen LogP contribution >= 0.6 is 22.9 Å². The van der Waals surface area contributed by atoms with Crippen molar-refractivity contribution in [1.82, 2.24) is 10.3 Å². The molecule has 0 aliphatic rings. The zero-order chi connectivity index (χ0) is 8.97. The van der Waals surface area contributed by atoms with Crippen molar-refractivity contribution in [3.05, 3.63) is 27.7 Å². The van der Waals surface area contributed by atoms with Gasteiger partial charge in [0.15, 0.2) is 0 Å². The maximum Gasteiger partial charge on any atom is 0.0897 e. The van der Waals surface area contributed by atoms with E-state index in [0.29, 0.717) is 11.6 Å². The molecule has 1 aromatic rings. The lowest BCUT2D eigenvalue weighted by molar-refractivity contribution is 0.763. The van der Waals surface area contributed by atoms with E-state index in [1.54, 1.807) is 11.3 Å². The number of nitrogens with zero attached hydrogens (tertiary/aromatic N) is 1. The van der Waals surface area contributed by atoms with Crippen LogP contribution in [-0.4, -0.2) is 11.5 Å². The van der Waals surface area contributed by atoms with E-state index in [0.717, 1.165) is 11.6 Å².